The topological polar surface area (TPSA) is 79.5 Å². The lowest BCUT2D eigenvalue weighted by Crippen LogP contribution is -2.53. The first-order valence-electron chi connectivity index (χ1n) is 7.41. The molecule has 0 radical (unpaired) electrons. The molecule has 2 heterocycles. The monoisotopic (exact) mass is 323 g/mol. The van der Waals surface area contributed by atoms with E-state index in [1.807, 2.05) is 12.1 Å². The highest BCUT2D eigenvalue weighted by molar-refractivity contribution is 6.32. The number of rotatable bonds is 2. The van der Waals surface area contributed by atoms with Crippen molar-refractivity contribution in [2.24, 2.45) is 0 Å². The fraction of sp³-hybridized carbons (Fsp3) is 0.467. The molecule has 3 N–H and O–H groups in total. The molecule has 0 aliphatic carbocycles. The highest BCUT2D eigenvalue weighted by Gasteiger charge is 2.27. The van der Waals surface area contributed by atoms with Crippen molar-refractivity contribution < 1.29 is 14.3 Å². The van der Waals surface area contributed by atoms with E-state index in [-0.39, 0.29) is 18.0 Å². The summed E-state index contributed by atoms with van der Waals surface area (Å²) in [5.41, 5.74) is 0.863. The molecule has 7 heteroatoms. The van der Waals surface area contributed by atoms with Crippen LogP contribution in [0.5, 0.6) is 5.75 Å². The molecule has 2 aliphatic heterocycles. The minimum absolute atomic E-state index is 0.128. The third-order valence-corrected chi connectivity index (χ3v) is 4.22. The van der Waals surface area contributed by atoms with E-state index < -0.39 is 6.04 Å². The van der Waals surface area contributed by atoms with Crippen LogP contribution < -0.4 is 20.7 Å². The Morgan fingerprint density at radius 2 is 2.09 bits per heavy atom. The second kappa shape index (κ2) is 6.44. The second-order valence-corrected chi connectivity index (χ2v) is 5.86. The van der Waals surface area contributed by atoms with E-state index in [2.05, 4.69) is 16.0 Å². The molecule has 1 aromatic carbocycles. The quantitative estimate of drug-likeness (QED) is 0.775. The SMILES string of the molecule is O=C(NC1CCOc2c(Cl)cccc21)N[C@H]1CCCNC1=O. The van der Waals surface area contributed by atoms with Crippen LogP contribution in [-0.4, -0.2) is 31.1 Å². The maximum absolute atomic E-state index is 12.1. The van der Waals surface area contributed by atoms with Crippen LogP contribution in [0.2, 0.25) is 5.02 Å². The molecule has 2 atom stereocenters. The Labute approximate surface area is 133 Å². The Morgan fingerprint density at radius 3 is 2.91 bits per heavy atom. The summed E-state index contributed by atoms with van der Waals surface area (Å²) in [6, 6.07) is 4.49. The minimum atomic E-state index is -0.465. The fourth-order valence-electron chi connectivity index (χ4n) is 2.80. The predicted molar refractivity (Wildman–Crippen MR) is 82.0 cm³/mol. The van der Waals surface area contributed by atoms with Gasteiger partial charge in [0.1, 0.15) is 11.8 Å². The molecular formula is C15H18ClN3O3. The number of carbonyl (C=O) groups excluding carboxylic acids is 2. The van der Waals surface area contributed by atoms with Gasteiger partial charge in [-0.3, -0.25) is 4.79 Å². The molecular weight excluding hydrogens is 306 g/mol. The second-order valence-electron chi connectivity index (χ2n) is 5.45. The molecule has 1 aromatic rings. The van der Waals surface area contributed by atoms with E-state index >= 15 is 0 Å². The van der Waals surface area contributed by atoms with E-state index in [4.69, 9.17) is 16.3 Å². The van der Waals surface area contributed by atoms with Gasteiger partial charge in [-0.1, -0.05) is 23.7 Å². The van der Waals surface area contributed by atoms with Gasteiger partial charge < -0.3 is 20.7 Å². The largest absolute Gasteiger partial charge is 0.492 e. The third-order valence-electron chi connectivity index (χ3n) is 3.92. The first kappa shape index (κ1) is 15.0. The van der Waals surface area contributed by atoms with Gasteiger partial charge in [-0.2, -0.15) is 0 Å². The van der Waals surface area contributed by atoms with Crippen molar-refractivity contribution >= 4 is 23.5 Å². The number of ether oxygens (including phenoxy) is 1. The zero-order chi connectivity index (χ0) is 15.5. The zero-order valence-corrected chi connectivity index (χ0v) is 12.8. The van der Waals surface area contributed by atoms with Gasteiger partial charge in [0.25, 0.3) is 0 Å². The Hall–Kier alpha value is -1.95. The van der Waals surface area contributed by atoms with Gasteiger partial charge in [0.05, 0.1) is 17.7 Å². The van der Waals surface area contributed by atoms with Gasteiger partial charge in [-0.25, -0.2) is 4.79 Å². The molecule has 118 valence electrons. The lowest BCUT2D eigenvalue weighted by Gasteiger charge is -2.29. The molecule has 0 saturated carbocycles. The number of amides is 3. The first-order valence-corrected chi connectivity index (χ1v) is 7.79. The average Bonchev–Trinajstić information content (AvgIpc) is 2.51. The molecule has 3 amide bonds. The molecule has 6 nitrogen and oxygen atoms in total. The lowest BCUT2D eigenvalue weighted by molar-refractivity contribution is -0.124. The molecule has 0 aromatic heterocycles. The summed E-state index contributed by atoms with van der Waals surface area (Å²) < 4.78 is 5.57. The smallest absolute Gasteiger partial charge is 0.315 e. The number of hydrogen-bond donors (Lipinski definition) is 3. The van der Waals surface area contributed by atoms with E-state index in [1.165, 1.54) is 0 Å². The highest BCUT2D eigenvalue weighted by atomic mass is 35.5. The van der Waals surface area contributed by atoms with Crippen molar-refractivity contribution in [3.05, 3.63) is 28.8 Å². The van der Waals surface area contributed by atoms with Gasteiger partial charge in [-0.15, -0.1) is 0 Å². The van der Waals surface area contributed by atoms with Gasteiger partial charge >= 0.3 is 6.03 Å². The molecule has 1 saturated heterocycles. The van der Waals surface area contributed by atoms with Gasteiger partial charge in [0.2, 0.25) is 5.91 Å². The van der Waals surface area contributed by atoms with Crippen molar-refractivity contribution in [1.29, 1.82) is 0 Å². The molecule has 0 bridgehead atoms. The maximum Gasteiger partial charge on any atom is 0.315 e. The Balaban J connectivity index is 1.65. The van der Waals surface area contributed by atoms with E-state index in [0.29, 0.717) is 36.8 Å². The summed E-state index contributed by atoms with van der Waals surface area (Å²) in [6.07, 6.45) is 2.19. The van der Waals surface area contributed by atoms with Crippen LogP contribution in [0.15, 0.2) is 18.2 Å². The predicted octanol–water partition coefficient (Wildman–Crippen LogP) is 1.74. The number of carbonyl (C=O) groups is 2. The number of urea groups is 1. The van der Waals surface area contributed by atoms with Gasteiger partial charge in [-0.05, 0) is 18.9 Å². The van der Waals surface area contributed by atoms with E-state index in [9.17, 15) is 9.59 Å². The summed E-state index contributed by atoms with van der Waals surface area (Å²) >= 11 is 6.11. The molecule has 1 fully saturated rings. The first-order chi connectivity index (χ1) is 10.6. The van der Waals surface area contributed by atoms with Crippen LogP contribution in [0.1, 0.15) is 30.9 Å². The van der Waals surface area contributed by atoms with Crippen molar-refractivity contribution in [2.75, 3.05) is 13.2 Å². The van der Waals surface area contributed by atoms with Gasteiger partial charge in [0.15, 0.2) is 0 Å². The highest BCUT2D eigenvalue weighted by Crippen LogP contribution is 2.37. The number of halogens is 1. The van der Waals surface area contributed by atoms with Gasteiger partial charge in [0, 0.05) is 18.5 Å². The summed E-state index contributed by atoms with van der Waals surface area (Å²) in [5, 5.41) is 8.91. The molecule has 22 heavy (non-hydrogen) atoms. The van der Waals surface area contributed by atoms with Crippen LogP contribution in [0.3, 0.4) is 0 Å². The Kier molecular flexibility index (Phi) is 4.38. The van der Waals surface area contributed by atoms with Crippen molar-refractivity contribution in [1.82, 2.24) is 16.0 Å². The number of fused-ring (bicyclic) bond motifs is 1. The minimum Gasteiger partial charge on any atom is -0.492 e. The number of para-hydroxylation sites is 1. The van der Waals surface area contributed by atoms with Crippen LogP contribution in [-0.2, 0) is 4.79 Å². The summed E-state index contributed by atoms with van der Waals surface area (Å²) in [6.45, 7) is 1.16. The molecule has 2 aliphatic rings. The van der Waals surface area contributed by atoms with Crippen molar-refractivity contribution in [3.8, 4) is 5.75 Å². The Bertz CT molecular complexity index is 593. The fourth-order valence-corrected chi connectivity index (χ4v) is 3.04. The Morgan fingerprint density at radius 1 is 1.27 bits per heavy atom. The molecule has 3 rings (SSSR count). The standard InChI is InChI=1S/C15H18ClN3O3/c16-10-4-1-3-9-11(6-8-22-13(9)10)18-15(21)19-12-5-2-7-17-14(12)20/h1,3-4,11-12H,2,5-8H2,(H,17,20)(H2,18,19,21)/t11?,12-/m0/s1. The zero-order valence-electron chi connectivity index (χ0n) is 12.0. The lowest BCUT2D eigenvalue weighted by atomic mass is 10.0. The molecule has 0 spiro atoms. The third kappa shape index (κ3) is 3.11. The number of benzene rings is 1. The average molecular weight is 324 g/mol. The van der Waals surface area contributed by atoms with Crippen molar-refractivity contribution in [3.63, 3.8) is 0 Å². The number of nitrogens with one attached hydrogen (secondary N) is 3. The van der Waals surface area contributed by atoms with Crippen LogP contribution in [0, 0.1) is 0 Å². The number of piperidine rings is 1. The number of hydrogen-bond acceptors (Lipinski definition) is 3. The van der Waals surface area contributed by atoms with Crippen LogP contribution in [0.25, 0.3) is 0 Å². The van der Waals surface area contributed by atoms with Crippen molar-refractivity contribution in [2.45, 2.75) is 31.3 Å². The summed E-state index contributed by atoms with van der Waals surface area (Å²) in [4.78, 5) is 23.8. The van der Waals surface area contributed by atoms with Crippen LogP contribution in [0.4, 0.5) is 4.79 Å². The van der Waals surface area contributed by atoms with Crippen LogP contribution >= 0.6 is 11.6 Å². The summed E-state index contributed by atoms with van der Waals surface area (Å²) in [5.74, 6) is 0.493. The summed E-state index contributed by atoms with van der Waals surface area (Å²) in [7, 11) is 0. The maximum atomic E-state index is 12.1. The molecule has 1 unspecified atom stereocenters. The van der Waals surface area contributed by atoms with E-state index in [0.717, 1.165) is 12.0 Å². The normalized spacial score (nSPS) is 23.8. The van der Waals surface area contributed by atoms with E-state index in [1.54, 1.807) is 6.07 Å².